The fourth-order valence-electron chi connectivity index (χ4n) is 2.71. The van der Waals surface area contributed by atoms with Gasteiger partial charge in [0.05, 0.1) is 11.4 Å². The molecule has 7 heteroatoms. The Morgan fingerprint density at radius 2 is 2.08 bits per heavy atom. The van der Waals surface area contributed by atoms with Crippen LogP contribution in [0, 0.1) is 13.8 Å². The van der Waals surface area contributed by atoms with Crippen LogP contribution in [0.4, 0.5) is 0 Å². The largest absolute Gasteiger partial charge is 0.348 e. The van der Waals surface area contributed by atoms with Crippen molar-refractivity contribution in [3.63, 3.8) is 0 Å². The van der Waals surface area contributed by atoms with Crippen LogP contribution in [0.1, 0.15) is 28.3 Å². The van der Waals surface area contributed by atoms with E-state index in [-0.39, 0.29) is 24.1 Å². The summed E-state index contributed by atoms with van der Waals surface area (Å²) >= 11 is 1.70. The van der Waals surface area contributed by atoms with Crippen molar-refractivity contribution in [1.82, 2.24) is 20.3 Å². The van der Waals surface area contributed by atoms with Gasteiger partial charge >= 0.3 is 0 Å². The van der Waals surface area contributed by atoms with E-state index in [0.717, 1.165) is 10.2 Å². The number of nitrogens with zero attached hydrogens (tertiary/aromatic N) is 3. The Balaban J connectivity index is 1.77. The zero-order valence-electron chi connectivity index (χ0n) is 13.7. The van der Waals surface area contributed by atoms with Gasteiger partial charge in [0.1, 0.15) is 12.1 Å². The molecule has 0 radical (unpaired) electrons. The van der Waals surface area contributed by atoms with Crippen molar-refractivity contribution < 1.29 is 4.79 Å². The maximum Gasteiger partial charge on any atom is 0.278 e. The number of thiophene rings is 1. The van der Waals surface area contributed by atoms with E-state index in [4.69, 9.17) is 0 Å². The van der Waals surface area contributed by atoms with E-state index in [0.29, 0.717) is 10.9 Å². The van der Waals surface area contributed by atoms with Gasteiger partial charge in [0.2, 0.25) is 5.91 Å². The lowest BCUT2D eigenvalue weighted by Gasteiger charge is -2.14. The first kappa shape index (κ1) is 16.3. The van der Waals surface area contributed by atoms with Crippen molar-refractivity contribution >= 4 is 28.1 Å². The molecule has 0 aliphatic carbocycles. The fourth-order valence-corrected chi connectivity index (χ4v) is 3.73. The Morgan fingerprint density at radius 1 is 1.33 bits per heavy atom. The van der Waals surface area contributed by atoms with Gasteiger partial charge in [-0.05, 0) is 44.5 Å². The molecule has 0 fully saturated rings. The summed E-state index contributed by atoms with van der Waals surface area (Å²) in [5, 5.41) is 11.2. The molecule has 3 rings (SSSR count). The number of amides is 1. The molecule has 0 saturated carbocycles. The zero-order chi connectivity index (χ0) is 17.3. The van der Waals surface area contributed by atoms with E-state index in [1.54, 1.807) is 35.6 Å². The minimum Gasteiger partial charge on any atom is -0.348 e. The molecule has 0 spiro atoms. The van der Waals surface area contributed by atoms with E-state index in [2.05, 4.69) is 21.7 Å². The minimum atomic E-state index is -0.314. The summed E-state index contributed by atoms with van der Waals surface area (Å²) in [6.07, 6.45) is 0. The third-order valence-corrected chi connectivity index (χ3v) is 4.83. The standard InChI is InChI=1S/C17H18N4O2S/c1-10-8-14(12(3)24-10)11(2)18-16(22)9-21-17(23)13-6-4-5-7-15(13)19-20-21/h4-8,11H,9H2,1-3H3,(H,18,22)/t11-/m0/s1. The van der Waals surface area contributed by atoms with Gasteiger partial charge in [-0.2, -0.15) is 0 Å². The van der Waals surface area contributed by atoms with Gasteiger partial charge in [-0.25, -0.2) is 4.68 Å². The Morgan fingerprint density at radius 3 is 2.79 bits per heavy atom. The van der Waals surface area contributed by atoms with Crippen molar-refractivity contribution in [2.75, 3.05) is 0 Å². The van der Waals surface area contributed by atoms with Crippen LogP contribution in [0.5, 0.6) is 0 Å². The van der Waals surface area contributed by atoms with E-state index in [9.17, 15) is 9.59 Å². The number of hydrogen-bond donors (Lipinski definition) is 1. The molecule has 0 saturated heterocycles. The Kier molecular flexibility index (Phi) is 4.44. The number of rotatable bonds is 4. The average molecular weight is 342 g/mol. The summed E-state index contributed by atoms with van der Waals surface area (Å²) in [4.78, 5) is 27.0. The quantitative estimate of drug-likeness (QED) is 0.789. The number of nitrogens with one attached hydrogen (secondary N) is 1. The highest BCUT2D eigenvalue weighted by molar-refractivity contribution is 7.12. The maximum atomic E-state index is 12.4. The molecular formula is C17H18N4O2S. The molecule has 24 heavy (non-hydrogen) atoms. The van der Waals surface area contributed by atoms with Crippen LogP contribution in [0.25, 0.3) is 10.9 Å². The first-order chi connectivity index (χ1) is 11.5. The number of carbonyl (C=O) groups is 1. The van der Waals surface area contributed by atoms with Crippen LogP contribution in [0.2, 0.25) is 0 Å². The van der Waals surface area contributed by atoms with E-state index < -0.39 is 0 Å². The molecule has 3 aromatic rings. The van der Waals surface area contributed by atoms with Crippen LogP contribution in [0.15, 0.2) is 35.1 Å². The number of aromatic nitrogens is 3. The summed E-state index contributed by atoms with van der Waals surface area (Å²) in [5.41, 5.74) is 1.31. The molecule has 2 heterocycles. The van der Waals surface area contributed by atoms with Gasteiger partial charge in [-0.1, -0.05) is 17.3 Å². The second-order valence-corrected chi connectivity index (χ2v) is 7.19. The van der Waals surface area contributed by atoms with Gasteiger partial charge in [0.15, 0.2) is 0 Å². The highest BCUT2D eigenvalue weighted by atomic mass is 32.1. The molecule has 0 bridgehead atoms. The van der Waals surface area contributed by atoms with Gasteiger partial charge in [-0.15, -0.1) is 16.4 Å². The summed E-state index contributed by atoms with van der Waals surface area (Å²) in [6, 6.07) is 8.91. The van der Waals surface area contributed by atoms with Gasteiger partial charge < -0.3 is 5.32 Å². The summed E-state index contributed by atoms with van der Waals surface area (Å²) in [7, 11) is 0. The molecule has 1 amide bonds. The molecular weight excluding hydrogens is 324 g/mol. The predicted octanol–water partition coefficient (Wildman–Crippen LogP) is 2.35. The van der Waals surface area contributed by atoms with Crippen molar-refractivity contribution in [3.05, 3.63) is 56.0 Å². The lowest BCUT2D eigenvalue weighted by atomic mass is 10.1. The second kappa shape index (κ2) is 6.52. The molecule has 1 N–H and O–H groups in total. The lowest BCUT2D eigenvalue weighted by Crippen LogP contribution is -2.35. The highest BCUT2D eigenvalue weighted by Crippen LogP contribution is 2.25. The van der Waals surface area contributed by atoms with E-state index in [1.165, 1.54) is 9.75 Å². The molecule has 6 nitrogen and oxygen atoms in total. The third-order valence-electron chi connectivity index (χ3n) is 3.85. The predicted molar refractivity (Wildman–Crippen MR) is 94.1 cm³/mol. The lowest BCUT2D eigenvalue weighted by molar-refractivity contribution is -0.122. The van der Waals surface area contributed by atoms with Gasteiger partial charge in [0, 0.05) is 9.75 Å². The van der Waals surface area contributed by atoms with Crippen molar-refractivity contribution in [2.24, 2.45) is 0 Å². The summed E-state index contributed by atoms with van der Waals surface area (Å²) in [5.74, 6) is -0.266. The molecule has 1 atom stereocenters. The monoisotopic (exact) mass is 342 g/mol. The van der Waals surface area contributed by atoms with Gasteiger partial charge in [0.25, 0.3) is 5.56 Å². The Labute approximate surface area is 143 Å². The fraction of sp³-hybridized carbons (Fsp3) is 0.294. The van der Waals surface area contributed by atoms with Crippen molar-refractivity contribution in [2.45, 2.75) is 33.4 Å². The van der Waals surface area contributed by atoms with Crippen molar-refractivity contribution in [1.29, 1.82) is 0 Å². The average Bonchev–Trinajstić information content (AvgIpc) is 2.89. The molecule has 124 valence electrons. The Hall–Kier alpha value is -2.54. The normalized spacial score (nSPS) is 12.3. The summed E-state index contributed by atoms with van der Waals surface area (Å²) in [6.45, 7) is 5.86. The number of carbonyl (C=O) groups excluding carboxylic acids is 1. The smallest absolute Gasteiger partial charge is 0.278 e. The maximum absolute atomic E-state index is 12.4. The van der Waals surface area contributed by atoms with Crippen LogP contribution in [-0.2, 0) is 11.3 Å². The molecule has 2 aromatic heterocycles. The number of benzene rings is 1. The first-order valence-corrected chi connectivity index (χ1v) is 8.46. The van der Waals surface area contributed by atoms with Crippen LogP contribution < -0.4 is 10.9 Å². The topological polar surface area (TPSA) is 76.9 Å². The van der Waals surface area contributed by atoms with E-state index >= 15 is 0 Å². The number of hydrogen-bond acceptors (Lipinski definition) is 5. The SMILES string of the molecule is Cc1cc([C@H](C)NC(=O)Cn2nnc3ccccc3c2=O)c(C)s1. The summed E-state index contributed by atoms with van der Waals surface area (Å²) < 4.78 is 1.09. The van der Waals surface area contributed by atoms with Gasteiger partial charge in [-0.3, -0.25) is 9.59 Å². The second-order valence-electron chi connectivity index (χ2n) is 5.73. The van der Waals surface area contributed by atoms with E-state index in [1.807, 2.05) is 20.8 Å². The minimum absolute atomic E-state index is 0.119. The van der Waals surface area contributed by atoms with Crippen LogP contribution >= 0.6 is 11.3 Å². The number of aryl methyl sites for hydroxylation is 2. The zero-order valence-corrected chi connectivity index (χ0v) is 14.6. The van der Waals surface area contributed by atoms with Crippen molar-refractivity contribution in [3.8, 4) is 0 Å². The molecule has 1 aromatic carbocycles. The Bertz CT molecular complexity index is 961. The third kappa shape index (κ3) is 3.21. The molecule has 0 aliphatic rings. The molecule has 0 unspecified atom stereocenters. The first-order valence-electron chi connectivity index (χ1n) is 7.64. The molecule has 0 aliphatic heterocycles. The number of fused-ring (bicyclic) bond motifs is 1. The highest BCUT2D eigenvalue weighted by Gasteiger charge is 2.15. The van der Waals surface area contributed by atoms with Crippen LogP contribution in [-0.4, -0.2) is 20.9 Å². The van der Waals surface area contributed by atoms with Crippen LogP contribution in [0.3, 0.4) is 0 Å².